The summed E-state index contributed by atoms with van der Waals surface area (Å²) in [7, 11) is 0. The van der Waals surface area contributed by atoms with E-state index in [0.29, 0.717) is 37.9 Å². The van der Waals surface area contributed by atoms with Gasteiger partial charge in [-0.15, -0.1) is 0 Å². The molecule has 1 aliphatic rings. The van der Waals surface area contributed by atoms with Gasteiger partial charge in [-0.3, -0.25) is 19.8 Å². The van der Waals surface area contributed by atoms with Crippen molar-refractivity contribution in [1.82, 2.24) is 4.90 Å². The van der Waals surface area contributed by atoms with E-state index in [4.69, 9.17) is 33.3 Å². The molecule has 10 heteroatoms. The minimum absolute atomic E-state index is 0.0996. The number of hydrogen-bond donors (Lipinski definition) is 0. The van der Waals surface area contributed by atoms with Crippen LogP contribution in [0.5, 0.6) is 11.5 Å². The number of non-ortho nitro benzene ring substituents is 1. The highest BCUT2D eigenvalue weighted by Crippen LogP contribution is 2.35. The van der Waals surface area contributed by atoms with E-state index in [9.17, 15) is 14.9 Å². The van der Waals surface area contributed by atoms with E-state index in [1.54, 1.807) is 18.2 Å². The highest BCUT2D eigenvalue weighted by Gasteiger charge is 2.31. The average Bonchev–Trinajstić information content (AvgIpc) is 3.00. The zero-order valence-corrected chi connectivity index (χ0v) is 19.2. The maximum atomic E-state index is 12.5. The molecule has 162 valence electrons. The van der Waals surface area contributed by atoms with E-state index in [2.05, 4.69) is 0 Å². The van der Waals surface area contributed by atoms with Crippen molar-refractivity contribution in [3.8, 4) is 11.5 Å². The number of halogens is 1. The number of carbonyl (C=O) groups excluding carboxylic acids is 1. The summed E-state index contributed by atoms with van der Waals surface area (Å²) in [6, 6.07) is 9.59. The molecule has 0 spiro atoms. The molecule has 1 saturated heterocycles. The minimum Gasteiger partial charge on any atom is -0.490 e. The van der Waals surface area contributed by atoms with Crippen LogP contribution in [-0.4, -0.2) is 39.8 Å². The first-order chi connectivity index (χ1) is 14.8. The average molecular weight is 479 g/mol. The lowest BCUT2D eigenvalue weighted by molar-refractivity contribution is -0.384. The molecule has 3 rings (SSSR count). The summed E-state index contributed by atoms with van der Waals surface area (Å²) in [6.07, 6.45) is 1.57. The summed E-state index contributed by atoms with van der Waals surface area (Å²) in [6.45, 7) is 4.64. The number of thiocarbonyl (C=S) groups is 1. The first-order valence-electron chi connectivity index (χ1n) is 9.35. The molecule has 0 aromatic heterocycles. The summed E-state index contributed by atoms with van der Waals surface area (Å²) < 4.78 is 11.9. The molecule has 1 heterocycles. The Labute approximate surface area is 194 Å². The van der Waals surface area contributed by atoms with Crippen molar-refractivity contribution < 1.29 is 19.2 Å². The third-order valence-corrected chi connectivity index (χ3v) is 6.22. The second-order valence-corrected chi connectivity index (χ2v) is 8.60. The molecule has 0 bridgehead atoms. The molecular formula is C21H19ClN2O5S2. The van der Waals surface area contributed by atoms with E-state index in [0.717, 1.165) is 17.3 Å². The number of aryl methyl sites for hydroxylation is 1. The number of hydrogen-bond acceptors (Lipinski definition) is 7. The number of carbonyl (C=O) groups is 1. The Balaban J connectivity index is 1.75. The molecule has 0 unspecified atom stereocenters. The Hall–Kier alpha value is -2.62. The van der Waals surface area contributed by atoms with Crippen LogP contribution in [0, 0.1) is 17.0 Å². The quantitative estimate of drug-likeness (QED) is 0.169. The molecule has 0 atom stereocenters. The maximum absolute atomic E-state index is 12.5. The van der Waals surface area contributed by atoms with Gasteiger partial charge in [-0.25, -0.2) is 0 Å². The van der Waals surface area contributed by atoms with Gasteiger partial charge in [-0.2, -0.15) is 0 Å². The van der Waals surface area contributed by atoms with Crippen molar-refractivity contribution >= 4 is 57.6 Å². The fourth-order valence-corrected chi connectivity index (χ4v) is 4.32. The van der Waals surface area contributed by atoms with Crippen molar-refractivity contribution in [2.45, 2.75) is 13.8 Å². The normalized spacial score (nSPS) is 14.9. The van der Waals surface area contributed by atoms with Gasteiger partial charge in [-0.05, 0) is 49.8 Å². The summed E-state index contributed by atoms with van der Waals surface area (Å²) in [5.74, 6) is 0.845. The number of nitro groups is 1. The van der Waals surface area contributed by atoms with E-state index < -0.39 is 4.92 Å². The summed E-state index contributed by atoms with van der Waals surface area (Å²) in [5.41, 5.74) is 1.23. The minimum atomic E-state index is -0.496. The number of nitrogens with zero attached hydrogens (tertiary/aromatic N) is 2. The highest BCUT2D eigenvalue weighted by atomic mass is 35.5. The van der Waals surface area contributed by atoms with Gasteiger partial charge in [0.15, 0.2) is 0 Å². The number of nitro benzene ring substituents is 1. The van der Waals surface area contributed by atoms with Crippen molar-refractivity contribution in [1.29, 1.82) is 0 Å². The molecule has 1 amide bonds. The predicted octanol–water partition coefficient (Wildman–Crippen LogP) is 5.24. The van der Waals surface area contributed by atoms with Crippen LogP contribution in [0.15, 0.2) is 41.3 Å². The fraction of sp³-hybridized carbons (Fsp3) is 0.238. The monoisotopic (exact) mass is 478 g/mol. The number of likely N-dealkylation sites (N-methyl/N-ethyl adjacent to an activating group) is 1. The lowest BCUT2D eigenvalue weighted by Crippen LogP contribution is -2.27. The third-order valence-electron chi connectivity index (χ3n) is 4.42. The SMILES string of the molecule is CCN1C(=O)C(=Cc2cc([N+](=O)[O-])ccc2OCCOc2ccc(Cl)c(C)c2)SC1=S. The highest BCUT2D eigenvalue weighted by molar-refractivity contribution is 8.26. The first kappa shape index (κ1) is 23.1. The van der Waals surface area contributed by atoms with E-state index in [1.807, 2.05) is 19.9 Å². The molecule has 0 N–H and O–H groups in total. The Morgan fingerprint density at radius 2 is 1.97 bits per heavy atom. The van der Waals surface area contributed by atoms with Crippen LogP contribution < -0.4 is 9.47 Å². The van der Waals surface area contributed by atoms with Gasteiger partial charge in [0, 0.05) is 29.3 Å². The molecular weight excluding hydrogens is 460 g/mol. The topological polar surface area (TPSA) is 81.9 Å². The smallest absolute Gasteiger partial charge is 0.270 e. The maximum Gasteiger partial charge on any atom is 0.270 e. The summed E-state index contributed by atoms with van der Waals surface area (Å²) >= 11 is 12.4. The fourth-order valence-electron chi connectivity index (χ4n) is 2.83. The van der Waals surface area contributed by atoms with Crippen molar-refractivity contribution in [3.05, 3.63) is 67.6 Å². The lowest BCUT2D eigenvalue weighted by atomic mass is 10.1. The molecule has 0 saturated carbocycles. The number of rotatable bonds is 8. The van der Waals surface area contributed by atoms with Crippen molar-refractivity contribution in [3.63, 3.8) is 0 Å². The number of ether oxygens (including phenoxy) is 2. The third kappa shape index (κ3) is 5.55. The van der Waals surface area contributed by atoms with E-state index in [-0.39, 0.29) is 24.8 Å². The molecule has 2 aromatic rings. The van der Waals surface area contributed by atoms with E-state index >= 15 is 0 Å². The van der Waals surface area contributed by atoms with Gasteiger partial charge >= 0.3 is 0 Å². The molecule has 31 heavy (non-hydrogen) atoms. The second kappa shape index (κ2) is 10.1. The van der Waals surface area contributed by atoms with Crippen molar-refractivity contribution in [2.24, 2.45) is 0 Å². The van der Waals surface area contributed by atoms with E-state index in [1.165, 1.54) is 23.1 Å². The summed E-state index contributed by atoms with van der Waals surface area (Å²) in [5, 5.41) is 11.9. The second-order valence-electron chi connectivity index (χ2n) is 6.51. The molecule has 1 aliphatic heterocycles. The van der Waals surface area contributed by atoms with Gasteiger partial charge in [-0.1, -0.05) is 35.6 Å². The van der Waals surface area contributed by atoms with Gasteiger partial charge in [0.2, 0.25) is 0 Å². The Kier molecular flexibility index (Phi) is 7.53. The van der Waals surface area contributed by atoms with Crippen LogP contribution in [0.4, 0.5) is 5.69 Å². The van der Waals surface area contributed by atoms with Gasteiger partial charge < -0.3 is 9.47 Å². The van der Waals surface area contributed by atoms with Crippen LogP contribution in [0.1, 0.15) is 18.1 Å². The van der Waals surface area contributed by atoms with Crippen molar-refractivity contribution in [2.75, 3.05) is 19.8 Å². The van der Waals surface area contributed by atoms with Crippen LogP contribution >= 0.6 is 35.6 Å². The van der Waals surface area contributed by atoms with Crippen LogP contribution in [0.3, 0.4) is 0 Å². The van der Waals surface area contributed by atoms with Crippen LogP contribution in [-0.2, 0) is 4.79 Å². The zero-order chi connectivity index (χ0) is 22.5. The molecule has 1 fully saturated rings. The zero-order valence-electron chi connectivity index (χ0n) is 16.8. The van der Waals surface area contributed by atoms with Crippen LogP contribution in [0.25, 0.3) is 6.08 Å². The summed E-state index contributed by atoms with van der Waals surface area (Å²) in [4.78, 5) is 25.1. The Morgan fingerprint density at radius 1 is 1.23 bits per heavy atom. The van der Waals surface area contributed by atoms with Gasteiger partial charge in [0.1, 0.15) is 29.0 Å². The lowest BCUT2D eigenvalue weighted by Gasteiger charge is -2.12. The largest absolute Gasteiger partial charge is 0.490 e. The first-order valence-corrected chi connectivity index (χ1v) is 11.0. The number of thioether (sulfide) groups is 1. The Bertz CT molecular complexity index is 1070. The standard InChI is InChI=1S/C21H19ClN2O5S2/c1-3-23-20(25)19(31-21(23)30)12-14-11-15(24(26)27)4-7-18(14)29-9-8-28-16-5-6-17(22)13(2)10-16/h4-7,10-12H,3,8-9H2,1-2H3. The van der Waals surface area contributed by atoms with Crippen LogP contribution in [0.2, 0.25) is 5.02 Å². The number of benzene rings is 2. The molecule has 7 nitrogen and oxygen atoms in total. The molecule has 0 radical (unpaired) electrons. The van der Waals surface area contributed by atoms with Gasteiger partial charge in [0.25, 0.3) is 11.6 Å². The predicted molar refractivity (Wildman–Crippen MR) is 126 cm³/mol. The molecule has 2 aromatic carbocycles. The Morgan fingerprint density at radius 3 is 2.61 bits per heavy atom. The number of amides is 1. The molecule has 0 aliphatic carbocycles. The van der Waals surface area contributed by atoms with Gasteiger partial charge in [0.05, 0.1) is 9.83 Å².